The number of nitrogen functional groups attached to an aromatic ring is 1. The van der Waals surface area contributed by atoms with Crippen molar-refractivity contribution in [1.29, 1.82) is 5.41 Å². The largest absolute Gasteiger partial charge is 0.397 e. The number of nitrogens with one attached hydrogen (secondary N) is 2. The maximum Gasteiger partial charge on any atom is 0.234 e. The first-order valence-electron chi connectivity index (χ1n) is 11.0. The molecule has 0 aromatic carbocycles. The number of hydrogen-bond donors (Lipinski definition) is 3. The fraction of sp³-hybridized carbons (Fsp3) is 0.292. The van der Waals surface area contributed by atoms with Gasteiger partial charge in [-0.25, -0.2) is 4.98 Å². The lowest BCUT2D eigenvalue weighted by atomic mass is 10.0. The highest BCUT2D eigenvalue weighted by Crippen LogP contribution is 2.28. The lowest BCUT2D eigenvalue weighted by Gasteiger charge is -2.47. The number of pyridine rings is 3. The van der Waals surface area contributed by atoms with Crippen molar-refractivity contribution in [3.05, 3.63) is 65.7 Å². The first-order valence-corrected chi connectivity index (χ1v) is 11.0. The highest BCUT2D eigenvalue weighted by Gasteiger charge is 2.35. The molecule has 5 heterocycles. The topological polar surface area (TPSA) is 124 Å². The predicted molar refractivity (Wildman–Crippen MR) is 127 cm³/mol. The van der Waals surface area contributed by atoms with Crippen LogP contribution < -0.4 is 16.0 Å². The second-order valence-electron chi connectivity index (χ2n) is 8.49. The minimum Gasteiger partial charge on any atom is -0.397 e. The third-order valence-electron chi connectivity index (χ3n) is 6.23. The smallest absolute Gasteiger partial charge is 0.234 e. The molecule has 168 valence electrons. The van der Waals surface area contributed by atoms with Gasteiger partial charge in [-0.05, 0) is 36.8 Å². The van der Waals surface area contributed by atoms with Gasteiger partial charge in [0.05, 0.1) is 35.5 Å². The number of piperazine rings is 1. The Bertz CT molecular complexity index is 1210. The van der Waals surface area contributed by atoms with Gasteiger partial charge in [0.1, 0.15) is 5.82 Å². The zero-order chi connectivity index (χ0) is 22.9. The molecule has 2 aliphatic rings. The van der Waals surface area contributed by atoms with E-state index >= 15 is 0 Å². The van der Waals surface area contributed by atoms with E-state index in [4.69, 9.17) is 16.1 Å². The lowest BCUT2D eigenvalue weighted by Crippen LogP contribution is -2.64. The Morgan fingerprint density at radius 1 is 1.24 bits per heavy atom. The molecule has 9 heteroatoms. The summed E-state index contributed by atoms with van der Waals surface area (Å²) in [6.07, 6.45) is 5.03. The van der Waals surface area contributed by atoms with Gasteiger partial charge in [0.2, 0.25) is 5.91 Å². The SMILES string of the molecule is Cc1ccc(C(=N)c2cc(-c3cccnc3)ncc2N)nc1N1CC(N2CCNC(=O)C2)C1. The summed E-state index contributed by atoms with van der Waals surface area (Å²) in [6.45, 7) is 5.70. The number of aryl methyl sites for hydroxylation is 1. The second kappa shape index (κ2) is 8.59. The summed E-state index contributed by atoms with van der Waals surface area (Å²) in [6, 6.07) is 9.79. The van der Waals surface area contributed by atoms with Crippen LogP contribution in [0.15, 0.2) is 48.9 Å². The molecule has 2 saturated heterocycles. The Labute approximate surface area is 192 Å². The minimum absolute atomic E-state index is 0.0880. The molecule has 3 aromatic heterocycles. The van der Waals surface area contributed by atoms with Crippen LogP contribution in [-0.2, 0) is 4.79 Å². The predicted octanol–water partition coefficient (Wildman–Crippen LogP) is 1.47. The average molecular weight is 443 g/mol. The van der Waals surface area contributed by atoms with Gasteiger partial charge < -0.3 is 16.0 Å². The first-order chi connectivity index (χ1) is 16.0. The van der Waals surface area contributed by atoms with E-state index in [9.17, 15) is 4.79 Å². The first kappa shape index (κ1) is 21.0. The molecule has 9 nitrogen and oxygen atoms in total. The molecule has 4 N–H and O–H groups in total. The van der Waals surface area contributed by atoms with Crippen LogP contribution in [0.2, 0.25) is 0 Å². The van der Waals surface area contributed by atoms with E-state index in [0.717, 1.165) is 36.6 Å². The van der Waals surface area contributed by atoms with Crippen molar-refractivity contribution in [3.63, 3.8) is 0 Å². The summed E-state index contributed by atoms with van der Waals surface area (Å²) in [4.78, 5) is 29.5. The molecule has 0 saturated carbocycles. The van der Waals surface area contributed by atoms with Gasteiger partial charge in [0.25, 0.3) is 0 Å². The third-order valence-corrected chi connectivity index (χ3v) is 6.23. The molecule has 0 radical (unpaired) electrons. The van der Waals surface area contributed by atoms with Crippen LogP contribution in [0.3, 0.4) is 0 Å². The van der Waals surface area contributed by atoms with E-state index in [1.54, 1.807) is 18.6 Å². The summed E-state index contributed by atoms with van der Waals surface area (Å²) < 4.78 is 0. The van der Waals surface area contributed by atoms with Crippen molar-refractivity contribution in [1.82, 2.24) is 25.2 Å². The average Bonchev–Trinajstić information content (AvgIpc) is 2.80. The molecule has 1 amide bonds. The Balaban J connectivity index is 1.36. The lowest BCUT2D eigenvalue weighted by molar-refractivity contribution is -0.125. The number of rotatable bonds is 5. The quantitative estimate of drug-likeness (QED) is 0.511. The van der Waals surface area contributed by atoms with Crippen LogP contribution >= 0.6 is 0 Å². The molecule has 3 aromatic rings. The van der Waals surface area contributed by atoms with Crippen LogP contribution in [0.5, 0.6) is 0 Å². The number of carbonyl (C=O) groups excluding carboxylic acids is 1. The molecular formula is C24H26N8O. The second-order valence-corrected chi connectivity index (χ2v) is 8.49. The van der Waals surface area contributed by atoms with Gasteiger partial charge in [0, 0.05) is 55.7 Å². The Morgan fingerprint density at radius 2 is 2.09 bits per heavy atom. The fourth-order valence-corrected chi connectivity index (χ4v) is 4.30. The maximum atomic E-state index is 11.7. The zero-order valence-electron chi connectivity index (χ0n) is 18.5. The van der Waals surface area contributed by atoms with Crippen molar-refractivity contribution in [2.24, 2.45) is 0 Å². The van der Waals surface area contributed by atoms with Gasteiger partial charge in [-0.1, -0.05) is 6.07 Å². The molecule has 2 aliphatic heterocycles. The van der Waals surface area contributed by atoms with E-state index in [1.807, 2.05) is 37.3 Å². The standard InChI is InChI=1S/C24H26N8O/c1-15-4-5-20(30-24(15)32-12-17(13-32)31-8-7-28-22(33)14-31)23(26)18-9-21(29-11-19(18)25)16-3-2-6-27-10-16/h2-6,9-11,17,26H,7-8,12-14,25H2,1H3,(H,28,33). The minimum atomic E-state index is 0.0880. The number of nitrogens with zero attached hydrogens (tertiary/aromatic N) is 5. The number of nitrogens with two attached hydrogens (primary N) is 1. The molecule has 33 heavy (non-hydrogen) atoms. The number of aromatic nitrogens is 3. The van der Waals surface area contributed by atoms with Gasteiger partial charge in [-0.3, -0.25) is 25.1 Å². The summed E-state index contributed by atoms with van der Waals surface area (Å²) in [5.41, 5.74) is 10.7. The number of hydrogen-bond acceptors (Lipinski definition) is 8. The van der Waals surface area contributed by atoms with E-state index in [1.165, 1.54) is 0 Å². The van der Waals surface area contributed by atoms with Crippen molar-refractivity contribution < 1.29 is 4.79 Å². The molecular weight excluding hydrogens is 416 g/mol. The maximum absolute atomic E-state index is 11.7. The number of amides is 1. The van der Waals surface area contributed by atoms with E-state index < -0.39 is 0 Å². The Morgan fingerprint density at radius 3 is 2.85 bits per heavy atom. The van der Waals surface area contributed by atoms with Gasteiger partial charge in [0.15, 0.2) is 0 Å². The van der Waals surface area contributed by atoms with E-state index in [2.05, 4.69) is 25.1 Å². The van der Waals surface area contributed by atoms with Gasteiger partial charge in [-0.2, -0.15) is 0 Å². The highest BCUT2D eigenvalue weighted by molar-refractivity contribution is 6.13. The molecule has 0 aliphatic carbocycles. The summed E-state index contributed by atoms with van der Waals surface area (Å²) in [7, 11) is 0. The van der Waals surface area contributed by atoms with Crippen molar-refractivity contribution in [3.8, 4) is 11.3 Å². The number of carbonyl (C=O) groups is 1. The van der Waals surface area contributed by atoms with Crippen LogP contribution in [0.4, 0.5) is 11.5 Å². The summed E-state index contributed by atoms with van der Waals surface area (Å²) in [5.74, 6) is 0.958. The monoisotopic (exact) mass is 442 g/mol. The summed E-state index contributed by atoms with van der Waals surface area (Å²) >= 11 is 0. The Kier molecular flexibility index (Phi) is 5.47. The Hall–Kier alpha value is -3.85. The van der Waals surface area contributed by atoms with Crippen LogP contribution in [0.25, 0.3) is 11.3 Å². The van der Waals surface area contributed by atoms with Gasteiger partial charge >= 0.3 is 0 Å². The van der Waals surface area contributed by atoms with Crippen LogP contribution in [0, 0.1) is 12.3 Å². The van der Waals surface area contributed by atoms with E-state index in [-0.39, 0.29) is 11.6 Å². The van der Waals surface area contributed by atoms with Crippen LogP contribution in [0.1, 0.15) is 16.8 Å². The molecule has 0 spiro atoms. The van der Waals surface area contributed by atoms with Gasteiger partial charge in [-0.15, -0.1) is 0 Å². The number of anilines is 2. The normalized spacial score (nSPS) is 16.9. The van der Waals surface area contributed by atoms with Crippen molar-refractivity contribution in [2.75, 3.05) is 43.4 Å². The molecule has 2 fully saturated rings. The third kappa shape index (κ3) is 4.14. The highest BCUT2D eigenvalue weighted by atomic mass is 16.2. The zero-order valence-corrected chi connectivity index (χ0v) is 18.5. The summed E-state index contributed by atoms with van der Waals surface area (Å²) in [5, 5.41) is 11.7. The van der Waals surface area contributed by atoms with Crippen molar-refractivity contribution in [2.45, 2.75) is 13.0 Å². The fourth-order valence-electron chi connectivity index (χ4n) is 4.30. The van der Waals surface area contributed by atoms with Crippen molar-refractivity contribution >= 4 is 23.1 Å². The molecule has 0 unspecified atom stereocenters. The molecule has 0 atom stereocenters. The van der Waals surface area contributed by atoms with E-state index in [0.29, 0.717) is 41.8 Å². The molecule has 0 bridgehead atoms. The molecule has 5 rings (SSSR count). The van der Waals surface area contributed by atoms with Crippen LogP contribution in [-0.4, -0.2) is 70.2 Å².